The number of amides is 1. The van der Waals surface area contributed by atoms with E-state index in [1.54, 1.807) is 5.32 Å². The van der Waals surface area contributed by atoms with Crippen LogP contribution in [0.2, 0.25) is 0 Å². The van der Waals surface area contributed by atoms with Crippen LogP contribution in [-0.4, -0.2) is 11.7 Å². The molecule has 0 spiro atoms. The quantitative estimate of drug-likeness (QED) is 0.351. The summed E-state index contributed by atoms with van der Waals surface area (Å²) in [7, 11) is 0. The number of nitrogens with one attached hydrogen (secondary N) is 1. The molecule has 8 heteroatoms. The number of thioether (sulfide) groups is 1. The standard InChI is InChI=1S/C17H14F5NOS/c1-7-4-8(2)17(9(3)5-7)25-6-10(24)23-16-14(21)12(19)11(18)13(20)15(16)22/h4-5H,6H2,1-3H3,(H,23,24). The molecule has 0 fully saturated rings. The highest BCUT2D eigenvalue weighted by Gasteiger charge is 2.26. The summed E-state index contributed by atoms with van der Waals surface area (Å²) in [6.45, 7) is 5.62. The van der Waals surface area contributed by atoms with Crippen LogP contribution < -0.4 is 5.32 Å². The molecule has 0 radical (unpaired) electrons. The number of benzene rings is 2. The topological polar surface area (TPSA) is 29.1 Å². The Kier molecular flexibility index (Phi) is 5.72. The van der Waals surface area contributed by atoms with Gasteiger partial charge in [0.25, 0.3) is 0 Å². The van der Waals surface area contributed by atoms with Crippen molar-refractivity contribution in [3.63, 3.8) is 0 Å². The van der Waals surface area contributed by atoms with Gasteiger partial charge < -0.3 is 5.32 Å². The van der Waals surface area contributed by atoms with Crippen molar-refractivity contribution in [1.29, 1.82) is 0 Å². The van der Waals surface area contributed by atoms with Crippen LogP contribution in [0.25, 0.3) is 0 Å². The minimum absolute atomic E-state index is 0.246. The van der Waals surface area contributed by atoms with Crippen LogP contribution in [0, 0.1) is 49.9 Å². The molecule has 0 heterocycles. The number of carbonyl (C=O) groups excluding carboxylic acids is 1. The van der Waals surface area contributed by atoms with Crippen molar-refractivity contribution in [2.75, 3.05) is 11.1 Å². The molecule has 0 aromatic heterocycles. The molecule has 0 saturated carbocycles. The molecule has 2 aromatic carbocycles. The third-order valence-electron chi connectivity index (χ3n) is 3.43. The summed E-state index contributed by atoms with van der Waals surface area (Å²) in [6, 6.07) is 3.83. The summed E-state index contributed by atoms with van der Waals surface area (Å²) in [5.74, 6) is -11.8. The van der Waals surface area contributed by atoms with Crippen molar-refractivity contribution in [2.45, 2.75) is 25.7 Å². The first kappa shape index (κ1) is 19.2. The van der Waals surface area contributed by atoms with E-state index in [0.29, 0.717) is 0 Å². The normalized spacial score (nSPS) is 10.9. The number of anilines is 1. The molecule has 0 saturated heterocycles. The highest BCUT2D eigenvalue weighted by Crippen LogP contribution is 2.29. The highest BCUT2D eigenvalue weighted by molar-refractivity contribution is 8.00. The van der Waals surface area contributed by atoms with Gasteiger partial charge in [0.05, 0.1) is 5.75 Å². The van der Waals surface area contributed by atoms with Crippen LogP contribution in [0.1, 0.15) is 16.7 Å². The number of carbonyl (C=O) groups is 1. The number of hydrogen-bond acceptors (Lipinski definition) is 2. The molecule has 0 aliphatic rings. The van der Waals surface area contributed by atoms with E-state index in [1.807, 2.05) is 32.9 Å². The second kappa shape index (κ2) is 7.43. The summed E-state index contributed by atoms with van der Waals surface area (Å²) >= 11 is 1.11. The predicted octanol–water partition coefficient (Wildman–Crippen LogP) is 5.04. The first-order valence-corrected chi connectivity index (χ1v) is 8.14. The molecule has 134 valence electrons. The van der Waals surface area contributed by atoms with Crippen LogP contribution in [0.3, 0.4) is 0 Å². The number of halogens is 5. The Labute approximate surface area is 145 Å². The zero-order valence-electron chi connectivity index (χ0n) is 13.6. The Morgan fingerprint density at radius 1 is 0.880 bits per heavy atom. The van der Waals surface area contributed by atoms with Crippen LogP contribution >= 0.6 is 11.8 Å². The number of hydrogen-bond donors (Lipinski definition) is 1. The van der Waals surface area contributed by atoms with Crippen molar-refractivity contribution >= 4 is 23.4 Å². The summed E-state index contributed by atoms with van der Waals surface area (Å²) in [5.41, 5.74) is 1.54. The Bertz CT molecular complexity index is 801. The van der Waals surface area contributed by atoms with Gasteiger partial charge >= 0.3 is 0 Å². The third kappa shape index (κ3) is 3.95. The minimum Gasteiger partial charge on any atom is -0.320 e. The van der Waals surface area contributed by atoms with Crippen molar-refractivity contribution in [2.24, 2.45) is 0 Å². The Hall–Kier alpha value is -2.09. The predicted molar refractivity (Wildman–Crippen MR) is 86.2 cm³/mol. The SMILES string of the molecule is Cc1cc(C)c(SCC(=O)Nc2c(F)c(F)c(F)c(F)c2F)c(C)c1. The van der Waals surface area contributed by atoms with Gasteiger partial charge in [0.1, 0.15) is 5.69 Å². The molecule has 1 amide bonds. The molecular weight excluding hydrogens is 361 g/mol. The second-order valence-electron chi connectivity index (χ2n) is 5.51. The zero-order chi connectivity index (χ0) is 18.9. The molecule has 2 aromatic rings. The molecule has 0 unspecified atom stereocenters. The first-order valence-electron chi connectivity index (χ1n) is 7.15. The Balaban J connectivity index is 2.17. The van der Waals surface area contributed by atoms with E-state index in [1.165, 1.54) is 0 Å². The summed E-state index contributed by atoms with van der Waals surface area (Å²) in [6.07, 6.45) is 0. The largest absolute Gasteiger partial charge is 0.320 e. The first-order chi connectivity index (χ1) is 11.6. The van der Waals surface area contributed by atoms with Gasteiger partial charge in [-0.05, 0) is 31.9 Å². The van der Waals surface area contributed by atoms with Gasteiger partial charge in [-0.1, -0.05) is 17.7 Å². The van der Waals surface area contributed by atoms with Crippen LogP contribution in [0.5, 0.6) is 0 Å². The molecule has 2 rings (SSSR count). The van der Waals surface area contributed by atoms with E-state index in [2.05, 4.69) is 0 Å². The number of aryl methyl sites for hydroxylation is 3. The number of rotatable bonds is 4. The molecule has 25 heavy (non-hydrogen) atoms. The smallest absolute Gasteiger partial charge is 0.234 e. The average molecular weight is 375 g/mol. The molecule has 0 aliphatic carbocycles. The van der Waals surface area contributed by atoms with Gasteiger partial charge in [-0.25, -0.2) is 22.0 Å². The van der Waals surface area contributed by atoms with Crippen LogP contribution in [0.15, 0.2) is 17.0 Å². The van der Waals surface area contributed by atoms with Crippen LogP contribution in [-0.2, 0) is 4.79 Å². The zero-order valence-corrected chi connectivity index (χ0v) is 14.4. The third-order valence-corrected chi connectivity index (χ3v) is 4.77. The van der Waals surface area contributed by atoms with Crippen molar-refractivity contribution in [3.05, 3.63) is 57.9 Å². The van der Waals surface area contributed by atoms with Crippen molar-refractivity contribution < 1.29 is 26.7 Å². The van der Waals surface area contributed by atoms with Gasteiger partial charge in [-0.3, -0.25) is 4.79 Å². The van der Waals surface area contributed by atoms with Gasteiger partial charge in [0.15, 0.2) is 23.3 Å². The minimum atomic E-state index is -2.27. The maximum atomic E-state index is 13.6. The van der Waals surface area contributed by atoms with E-state index < -0.39 is 40.7 Å². The lowest BCUT2D eigenvalue weighted by molar-refractivity contribution is -0.113. The van der Waals surface area contributed by atoms with Gasteiger partial charge in [-0.2, -0.15) is 0 Å². The van der Waals surface area contributed by atoms with E-state index >= 15 is 0 Å². The lowest BCUT2D eigenvalue weighted by Crippen LogP contribution is -2.18. The molecular formula is C17H14F5NOS. The molecule has 0 atom stereocenters. The van der Waals surface area contributed by atoms with E-state index in [-0.39, 0.29) is 5.75 Å². The van der Waals surface area contributed by atoms with Crippen molar-refractivity contribution in [3.8, 4) is 0 Å². The lowest BCUT2D eigenvalue weighted by Gasteiger charge is -2.12. The molecule has 2 nitrogen and oxygen atoms in total. The van der Waals surface area contributed by atoms with E-state index in [0.717, 1.165) is 33.3 Å². The fourth-order valence-electron chi connectivity index (χ4n) is 2.42. The summed E-state index contributed by atoms with van der Waals surface area (Å²) in [5, 5.41) is 1.75. The van der Waals surface area contributed by atoms with Crippen molar-refractivity contribution in [1.82, 2.24) is 0 Å². The fourth-order valence-corrected chi connectivity index (χ4v) is 3.34. The van der Waals surface area contributed by atoms with E-state index in [4.69, 9.17) is 0 Å². The van der Waals surface area contributed by atoms with Gasteiger partial charge in [-0.15, -0.1) is 11.8 Å². The van der Waals surface area contributed by atoms with E-state index in [9.17, 15) is 26.7 Å². The summed E-state index contributed by atoms with van der Waals surface area (Å²) in [4.78, 5) is 12.7. The highest BCUT2D eigenvalue weighted by atomic mass is 32.2. The maximum absolute atomic E-state index is 13.6. The molecule has 1 N–H and O–H groups in total. The van der Waals surface area contributed by atoms with Crippen LogP contribution in [0.4, 0.5) is 27.6 Å². The Morgan fingerprint density at radius 3 is 1.80 bits per heavy atom. The van der Waals surface area contributed by atoms with Gasteiger partial charge in [0, 0.05) is 4.90 Å². The molecule has 0 bridgehead atoms. The average Bonchev–Trinajstić information content (AvgIpc) is 2.54. The maximum Gasteiger partial charge on any atom is 0.234 e. The summed E-state index contributed by atoms with van der Waals surface area (Å²) < 4.78 is 66.4. The lowest BCUT2D eigenvalue weighted by atomic mass is 10.1. The second-order valence-corrected chi connectivity index (χ2v) is 6.50. The monoisotopic (exact) mass is 375 g/mol. The fraction of sp³-hybridized carbons (Fsp3) is 0.235. The van der Waals surface area contributed by atoms with Gasteiger partial charge in [0.2, 0.25) is 11.7 Å². The molecule has 0 aliphatic heterocycles. The Morgan fingerprint density at radius 2 is 1.32 bits per heavy atom.